The zero-order chi connectivity index (χ0) is 20.6. The van der Waals surface area contributed by atoms with Crippen molar-refractivity contribution in [3.8, 4) is 11.5 Å². The number of ether oxygens (including phenoxy) is 2. The second kappa shape index (κ2) is 10.2. The number of rotatable bonds is 9. The largest absolute Gasteiger partial charge is 0.497 e. The SMILES string of the molecule is CN=C(NCCCc1cc2c(OC)cc(OC)cc2[nH]1)NCCc1ncc(C)s1. The minimum atomic E-state index is 0.784. The van der Waals surface area contributed by atoms with E-state index in [2.05, 4.69) is 38.6 Å². The molecule has 0 aliphatic carbocycles. The summed E-state index contributed by atoms with van der Waals surface area (Å²) in [6.45, 7) is 3.73. The van der Waals surface area contributed by atoms with Gasteiger partial charge in [-0.3, -0.25) is 4.99 Å². The molecule has 0 aliphatic heterocycles. The van der Waals surface area contributed by atoms with Crippen LogP contribution >= 0.6 is 11.3 Å². The zero-order valence-electron chi connectivity index (χ0n) is 17.5. The maximum absolute atomic E-state index is 5.49. The third kappa shape index (κ3) is 5.63. The number of nitrogens with one attached hydrogen (secondary N) is 3. The number of fused-ring (bicyclic) bond motifs is 1. The summed E-state index contributed by atoms with van der Waals surface area (Å²) in [7, 11) is 5.13. The van der Waals surface area contributed by atoms with E-state index in [9.17, 15) is 0 Å². The summed E-state index contributed by atoms with van der Waals surface area (Å²) < 4.78 is 10.8. The number of nitrogens with zero attached hydrogens (tertiary/aromatic N) is 2. The first kappa shape index (κ1) is 21.0. The van der Waals surface area contributed by atoms with Crippen molar-refractivity contribution in [3.63, 3.8) is 0 Å². The van der Waals surface area contributed by atoms with E-state index < -0.39 is 0 Å². The first-order valence-corrected chi connectivity index (χ1v) is 10.5. The maximum atomic E-state index is 5.49. The molecule has 2 aromatic heterocycles. The van der Waals surface area contributed by atoms with Crippen LogP contribution in [0.25, 0.3) is 10.9 Å². The smallest absolute Gasteiger partial charge is 0.190 e. The van der Waals surface area contributed by atoms with Gasteiger partial charge < -0.3 is 25.1 Å². The highest BCUT2D eigenvalue weighted by Gasteiger charge is 2.09. The molecule has 0 saturated carbocycles. The van der Waals surface area contributed by atoms with Crippen molar-refractivity contribution in [2.24, 2.45) is 4.99 Å². The summed E-state index contributed by atoms with van der Waals surface area (Å²) in [5.74, 6) is 2.42. The second-order valence-electron chi connectivity index (χ2n) is 6.73. The van der Waals surface area contributed by atoms with Gasteiger partial charge in [0.05, 0.1) is 24.7 Å². The number of aromatic amines is 1. The van der Waals surface area contributed by atoms with Crippen LogP contribution in [-0.2, 0) is 12.8 Å². The van der Waals surface area contributed by atoms with Crippen LogP contribution in [0.2, 0.25) is 0 Å². The van der Waals surface area contributed by atoms with Crippen molar-refractivity contribution in [1.82, 2.24) is 20.6 Å². The van der Waals surface area contributed by atoms with Crippen molar-refractivity contribution in [2.75, 3.05) is 34.4 Å². The van der Waals surface area contributed by atoms with Gasteiger partial charge in [0.2, 0.25) is 0 Å². The van der Waals surface area contributed by atoms with Gasteiger partial charge in [0.1, 0.15) is 11.5 Å². The third-order valence-electron chi connectivity index (χ3n) is 4.62. The Bertz CT molecular complexity index is 963. The number of aromatic nitrogens is 2. The molecule has 0 bridgehead atoms. The topological polar surface area (TPSA) is 83.6 Å². The molecule has 0 atom stereocenters. The molecule has 0 amide bonds. The standard InChI is InChI=1S/C21H29N5O2S/c1-14-13-25-20(29-14)7-9-24-21(22-2)23-8-5-6-15-10-17-18(26-15)11-16(27-3)12-19(17)28-4/h10-13,26H,5-9H2,1-4H3,(H2,22,23,24). The van der Waals surface area contributed by atoms with Crippen LogP contribution in [0.3, 0.4) is 0 Å². The van der Waals surface area contributed by atoms with Gasteiger partial charge >= 0.3 is 0 Å². The summed E-state index contributed by atoms with van der Waals surface area (Å²) in [6, 6.07) is 6.05. The molecule has 0 spiro atoms. The Morgan fingerprint density at radius 3 is 2.66 bits per heavy atom. The normalized spacial score (nSPS) is 11.7. The molecule has 3 N–H and O–H groups in total. The molecule has 0 unspecified atom stereocenters. The molecule has 0 fully saturated rings. The van der Waals surface area contributed by atoms with Crippen molar-refractivity contribution >= 4 is 28.2 Å². The van der Waals surface area contributed by atoms with E-state index in [1.165, 1.54) is 10.6 Å². The van der Waals surface area contributed by atoms with Crippen LogP contribution in [0, 0.1) is 6.92 Å². The molecule has 3 rings (SSSR count). The fraction of sp³-hybridized carbons (Fsp3) is 0.429. The van der Waals surface area contributed by atoms with E-state index in [4.69, 9.17) is 9.47 Å². The Labute approximate surface area is 175 Å². The maximum Gasteiger partial charge on any atom is 0.190 e. The number of H-pyrrole nitrogens is 1. The Hall–Kier alpha value is -2.74. The molecular weight excluding hydrogens is 386 g/mol. The monoisotopic (exact) mass is 415 g/mol. The molecule has 29 heavy (non-hydrogen) atoms. The molecule has 0 radical (unpaired) electrons. The van der Waals surface area contributed by atoms with Crippen LogP contribution in [0.1, 0.15) is 22.0 Å². The average molecular weight is 416 g/mol. The van der Waals surface area contributed by atoms with E-state index in [0.717, 1.165) is 65.7 Å². The molecule has 156 valence electrons. The number of thiazole rings is 1. The van der Waals surface area contributed by atoms with Gasteiger partial charge in [0.25, 0.3) is 0 Å². The van der Waals surface area contributed by atoms with Crippen LogP contribution in [-0.4, -0.2) is 50.3 Å². The fourth-order valence-corrected chi connectivity index (χ4v) is 3.96. The number of benzene rings is 1. The molecular formula is C21H29N5O2S. The lowest BCUT2D eigenvalue weighted by Gasteiger charge is -2.11. The van der Waals surface area contributed by atoms with Gasteiger partial charge in [-0.2, -0.15) is 0 Å². The average Bonchev–Trinajstić information content (AvgIpc) is 3.34. The van der Waals surface area contributed by atoms with E-state index in [1.54, 1.807) is 32.6 Å². The minimum Gasteiger partial charge on any atom is -0.497 e. The summed E-state index contributed by atoms with van der Waals surface area (Å²) in [5.41, 5.74) is 2.20. The number of guanidine groups is 1. The van der Waals surface area contributed by atoms with Crippen LogP contribution in [0.5, 0.6) is 11.5 Å². The molecule has 3 aromatic rings. The van der Waals surface area contributed by atoms with Gasteiger partial charge in [-0.15, -0.1) is 11.3 Å². The van der Waals surface area contributed by atoms with E-state index in [-0.39, 0.29) is 0 Å². The van der Waals surface area contributed by atoms with Gasteiger partial charge in [-0.05, 0) is 25.8 Å². The van der Waals surface area contributed by atoms with E-state index >= 15 is 0 Å². The first-order chi connectivity index (χ1) is 14.1. The lowest BCUT2D eigenvalue weighted by atomic mass is 10.2. The van der Waals surface area contributed by atoms with Gasteiger partial charge in [-0.25, -0.2) is 4.98 Å². The number of hydrogen-bond donors (Lipinski definition) is 3. The van der Waals surface area contributed by atoms with Crippen molar-refractivity contribution in [1.29, 1.82) is 0 Å². The van der Waals surface area contributed by atoms with Gasteiger partial charge in [0.15, 0.2) is 5.96 Å². The predicted octanol–water partition coefficient (Wildman–Crippen LogP) is 3.29. The highest BCUT2D eigenvalue weighted by molar-refractivity contribution is 7.11. The lowest BCUT2D eigenvalue weighted by Crippen LogP contribution is -2.38. The van der Waals surface area contributed by atoms with Crippen molar-refractivity contribution in [3.05, 3.63) is 40.0 Å². The Balaban J connectivity index is 1.45. The van der Waals surface area contributed by atoms with Crippen LogP contribution in [0.4, 0.5) is 0 Å². The highest BCUT2D eigenvalue weighted by atomic mass is 32.1. The summed E-state index contributed by atoms with van der Waals surface area (Å²) in [4.78, 5) is 13.4. The van der Waals surface area contributed by atoms with Crippen LogP contribution < -0.4 is 20.1 Å². The third-order valence-corrected chi connectivity index (χ3v) is 5.60. The molecule has 0 aliphatic rings. The first-order valence-electron chi connectivity index (χ1n) is 9.72. The fourth-order valence-electron chi connectivity index (χ4n) is 3.17. The van der Waals surface area contributed by atoms with Gasteiger partial charge in [-0.1, -0.05) is 0 Å². The zero-order valence-corrected chi connectivity index (χ0v) is 18.3. The van der Waals surface area contributed by atoms with Crippen molar-refractivity contribution < 1.29 is 9.47 Å². The number of methoxy groups -OCH3 is 2. The molecule has 7 nitrogen and oxygen atoms in total. The van der Waals surface area contributed by atoms with E-state index in [1.807, 2.05) is 18.3 Å². The Morgan fingerprint density at radius 2 is 1.97 bits per heavy atom. The summed E-state index contributed by atoms with van der Waals surface area (Å²) >= 11 is 1.74. The number of aryl methyl sites for hydroxylation is 2. The van der Waals surface area contributed by atoms with Crippen LogP contribution in [0.15, 0.2) is 29.4 Å². The second-order valence-corrected chi connectivity index (χ2v) is 8.05. The lowest BCUT2D eigenvalue weighted by molar-refractivity contribution is 0.398. The minimum absolute atomic E-state index is 0.784. The summed E-state index contributed by atoms with van der Waals surface area (Å²) in [6.07, 6.45) is 4.74. The van der Waals surface area contributed by atoms with Gasteiger partial charge in [0, 0.05) is 60.8 Å². The molecule has 0 saturated heterocycles. The quantitative estimate of drug-likeness (QED) is 0.284. The number of hydrogen-bond acceptors (Lipinski definition) is 5. The molecule has 8 heteroatoms. The van der Waals surface area contributed by atoms with E-state index in [0.29, 0.717) is 0 Å². The summed E-state index contributed by atoms with van der Waals surface area (Å²) in [5, 5.41) is 8.94. The Kier molecular flexibility index (Phi) is 7.35. The molecule has 1 aromatic carbocycles. The molecule has 2 heterocycles. The Morgan fingerprint density at radius 1 is 1.14 bits per heavy atom. The predicted molar refractivity (Wildman–Crippen MR) is 120 cm³/mol. The van der Waals surface area contributed by atoms with Crippen molar-refractivity contribution in [2.45, 2.75) is 26.2 Å². The highest BCUT2D eigenvalue weighted by Crippen LogP contribution is 2.31. The number of aliphatic imine (C=N–C) groups is 1.